The lowest BCUT2D eigenvalue weighted by Crippen LogP contribution is -2.54. The smallest absolute Gasteiger partial charge is 0.133 e. The predicted molar refractivity (Wildman–Crippen MR) is 296 cm³/mol. The van der Waals surface area contributed by atoms with Crippen LogP contribution in [0.2, 0.25) is 0 Å². The Balaban J connectivity index is 0.000000384. The number of rotatable bonds is 3. The Bertz CT molecular complexity index is 1130. The van der Waals surface area contributed by atoms with Crippen molar-refractivity contribution in [2.45, 2.75) is 91.7 Å². The molecule has 0 unspecified atom stereocenters. The third-order valence-corrected chi connectivity index (χ3v) is 14.2. The molecule has 10 aliphatic rings. The average molecular weight is 983 g/mol. The highest BCUT2D eigenvalue weighted by Crippen LogP contribution is 2.21. The molecule has 10 fully saturated rings. The Morgan fingerprint density at radius 1 is 0.420 bits per heavy atom. The second-order valence-electron chi connectivity index (χ2n) is 21.9. The van der Waals surface area contributed by atoms with Gasteiger partial charge in [-0.2, -0.15) is 0 Å². The van der Waals surface area contributed by atoms with Crippen LogP contribution in [0.3, 0.4) is 0 Å². The summed E-state index contributed by atoms with van der Waals surface area (Å²) in [4.78, 5) is 25.6. The molecule has 10 heterocycles. The van der Waals surface area contributed by atoms with Crippen molar-refractivity contribution in [3.63, 3.8) is 0 Å². The van der Waals surface area contributed by atoms with Crippen molar-refractivity contribution < 1.29 is 13.9 Å². The summed E-state index contributed by atoms with van der Waals surface area (Å²) in [5, 5.41) is 0. The fraction of sp³-hybridized carbons (Fsp3) is 0.964. The summed E-state index contributed by atoms with van der Waals surface area (Å²) >= 11 is 0. The molecule has 69 heavy (non-hydrogen) atoms. The number of likely N-dealkylation sites (N-methyl/N-ethyl adjacent to an activating group) is 4. The minimum absolute atomic E-state index is 0.546. The average Bonchev–Trinajstić information content (AvgIpc) is 4.04. The zero-order valence-electron chi connectivity index (χ0n) is 48.0. The van der Waals surface area contributed by atoms with Crippen LogP contribution < -0.4 is 0 Å². The molecular formula is C55H116FN11O2. The van der Waals surface area contributed by atoms with E-state index in [0.717, 1.165) is 71.6 Å². The van der Waals surface area contributed by atoms with Crippen molar-refractivity contribution in [1.82, 2.24) is 53.9 Å². The van der Waals surface area contributed by atoms with E-state index in [1.165, 1.54) is 163 Å². The zero-order valence-corrected chi connectivity index (χ0v) is 48.0. The van der Waals surface area contributed by atoms with E-state index in [1.807, 2.05) is 11.9 Å². The standard InChI is InChI=1S/C7H16N2.C6H13NO.C6H13N.C6H9N.C6H13N.C5H10FN.C5H11NO.2C5H11N.C4H9N/c1-3-9-6-4-8(2)5-7-9;1-2-7-3-5-8-6-4-7;1-7-5-3-2-4-6-7;1-3-6-4-7(2)5-6;1-2-7-5-3-4-6-7;1-5(6)3-7(2)4-5;1-6-2-4-7-5-3-6;1-5-3-6(2)4-5;1-6-4-2-3-5-6;1-5-3-2-4-5/h3-7H2,1-2H3;2-6H2,1H3;2-6H2,1H3;1,6H,4-5H2,2H3;2-6H2,1H3;3-4H2,1-2H3;2-5H2,1H3;5H,3-4H2,1-2H3;2-5H2,1H3;2-4H2,1H3. The van der Waals surface area contributed by atoms with E-state index in [0.29, 0.717) is 19.0 Å². The molecular weight excluding hydrogens is 866 g/mol. The molecule has 14 heteroatoms. The molecule has 410 valence electrons. The maximum absolute atomic E-state index is 12.4. The summed E-state index contributed by atoms with van der Waals surface area (Å²) in [5.41, 5.74) is -0.880. The van der Waals surface area contributed by atoms with Crippen LogP contribution in [-0.2, 0) is 9.47 Å². The van der Waals surface area contributed by atoms with Crippen molar-refractivity contribution in [1.29, 1.82) is 0 Å². The molecule has 0 aromatic heterocycles. The number of likely N-dealkylation sites (tertiary alicyclic amines) is 7. The second-order valence-corrected chi connectivity index (χ2v) is 21.9. The molecule has 0 saturated carbocycles. The number of piperidine rings is 1. The van der Waals surface area contributed by atoms with E-state index >= 15 is 0 Å². The summed E-state index contributed by atoms with van der Waals surface area (Å²) < 4.78 is 22.7. The lowest BCUT2D eigenvalue weighted by molar-refractivity contribution is 0.00103. The molecule has 0 aliphatic carbocycles. The minimum Gasteiger partial charge on any atom is -0.379 e. The molecule has 0 radical (unpaired) electrons. The molecule has 0 atom stereocenters. The fourth-order valence-corrected chi connectivity index (χ4v) is 9.13. The lowest BCUT2D eigenvalue weighted by Gasteiger charge is -2.39. The number of terminal acetylenes is 1. The Labute approximate surface area is 428 Å². The molecule has 0 N–H and O–H groups in total. The molecule has 10 aliphatic heterocycles. The largest absolute Gasteiger partial charge is 0.379 e. The quantitative estimate of drug-likeness (QED) is 0.350. The Hall–Kier alpha value is -1.03. The van der Waals surface area contributed by atoms with Gasteiger partial charge < -0.3 is 53.6 Å². The monoisotopic (exact) mass is 982 g/mol. The Kier molecular flexibility index (Phi) is 39.5. The maximum atomic E-state index is 12.4. The van der Waals surface area contributed by atoms with Crippen LogP contribution in [0, 0.1) is 24.2 Å². The van der Waals surface area contributed by atoms with E-state index in [-0.39, 0.29) is 0 Å². The first kappa shape index (κ1) is 66.0. The molecule has 0 amide bonds. The van der Waals surface area contributed by atoms with Gasteiger partial charge in [-0.1, -0.05) is 34.1 Å². The van der Waals surface area contributed by atoms with Crippen LogP contribution in [0.4, 0.5) is 4.39 Å². The number of ether oxygens (including phenoxy) is 2. The number of alkyl halides is 1. The van der Waals surface area contributed by atoms with Gasteiger partial charge in [0.25, 0.3) is 0 Å². The van der Waals surface area contributed by atoms with Gasteiger partial charge in [-0.05, 0) is 186 Å². The first-order valence-corrected chi connectivity index (χ1v) is 27.9. The summed E-state index contributed by atoms with van der Waals surface area (Å²) in [6.45, 7) is 43.9. The normalized spacial score (nSPS) is 25.3. The van der Waals surface area contributed by atoms with Gasteiger partial charge in [0.05, 0.1) is 26.4 Å². The van der Waals surface area contributed by atoms with Crippen LogP contribution in [0.15, 0.2) is 0 Å². The van der Waals surface area contributed by atoms with Crippen LogP contribution in [0.1, 0.15) is 86.0 Å². The summed E-state index contributed by atoms with van der Waals surface area (Å²) in [5.74, 6) is 4.20. The lowest BCUT2D eigenvalue weighted by atomic mass is 10.0. The molecule has 0 aromatic rings. The third kappa shape index (κ3) is 37.4. The number of hydrogen-bond donors (Lipinski definition) is 0. The minimum atomic E-state index is -0.880. The van der Waals surface area contributed by atoms with Gasteiger partial charge in [0, 0.05) is 97.5 Å². The number of piperazine rings is 1. The van der Waals surface area contributed by atoms with Crippen molar-refractivity contribution in [2.24, 2.45) is 11.8 Å². The Morgan fingerprint density at radius 2 is 0.754 bits per heavy atom. The van der Waals surface area contributed by atoms with Gasteiger partial charge in [-0.15, -0.1) is 12.3 Å². The second kappa shape index (κ2) is 41.3. The highest BCUT2D eigenvalue weighted by Gasteiger charge is 2.35. The van der Waals surface area contributed by atoms with Gasteiger partial charge >= 0.3 is 0 Å². The van der Waals surface area contributed by atoms with Crippen molar-refractivity contribution in [2.75, 3.05) is 246 Å². The Morgan fingerprint density at radius 3 is 0.942 bits per heavy atom. The van der Waals surface area contributed by atoms with Crippen LogP contribution >= 0.6 is 0 Å². The highest BCUT2D eigenvalue weighted by molar-refractivity contribution is 5.00. The summed E-state index contributed by atoms with van der Waals surface area (Å²) in [6, 6.07) is 0. The molecule has 0 aromatic carbocycles. The van der Waals surface area contributed by atoms with E-state index in [4.69, 9.17) is 15.9 Å². The van der Waals surface area contributed by atoms with Gasteiger partial charge in [0.15, 0.2) is 0 Å². The number of nitrogens with zero attached hydrogens (tertiary/aromatic N) is 11. The first-order valence-electron chi connectivity index (χ1n) is 27.9. The fourth-order valence-electron chi connectivity index (χ4n) is 9.13. The van der Waals surface area contributed by atoms with E-state index in [9.17, 15) is 4.39 Å². The van der Waals surface area contributed by atoms with Crippen LogP contribution in [-0.4, -0.2) is 306 Å². The zero-order chi connectivity index (χ0) is 51.3. The summed E-state index contributed by atoms with van der Waals surface area (Å²) in [7, 11) is 17.0. The molecule has 0 bridgehead atoms. The summed E-state index contributed by atoms with van der Waals surface area (Å²) in [6.07, 6.45) is 16.5. The van der Waals surface area contributed by atoms with Crippen LogP contribution in [0.25, 0.3) is 0 Å². The van der Waals surface area contributed by atoms with Crippen molar-refractivity contribution in [3.05, 3.63) is 0 Å². The molecule has 13 nitrogen and oxygen atoms in total. The molecule has 10 rings (SSSR count). The maximum Gasteiger partial charge on any atom is 0.133 e. The molecule has 0 spiro atoms. The van der Waals surface area contributed by atoms with Gasteiger partial charge in [0.1, 0.15) is 5.67 Å². The number of hydrogen-bond acceptors (Lipinski definition) is 13. The van der Waals surface area contributed by atoms with Gasteiger partial charge in [0.2, 0.25) is 0 Å². The van der Waals surface area contributed by atoms with Gasteiger partial charge in [-0.25, -0.2) is 4.39 Å². The number of morpholine rings is 2. The van der Waals surface area contributed by atoms with E-state index in [1.54, 1.807) is 6.92 Å². The van der Waals surface area contributed by atoms with Crippen LogP contribution in [0.5, 0.6) is 0 Å². The van der Waals surface area contributed by atoms with Crippen molar-refractivity contribution in [3.8, 4) is 12.3 Å². The van der Waals surface area contributed by atoms with E-state index in [2.05, 4.69) is 132 Å². The van der Waals surface area contributed by atoms with Gasteiger partial charge in [-0.3, -0.25) is 9.80 Å². The highest BCUT2D eigenvalue weighted by atomic mass is 19.1. The third-order valence-electron chi connectivity index (χ3n) is 14.2. The predicted octanol–water partition coefficient (Wildman–Crippen LogP) is 5.19. The first-order chi connectivity index (χ1) is 33.0. The number of halogens is 1. The van der Waals surface area contributed by atoms with E-state index < -0.39 is 5.67 Å². The van der Waals surface area contributed by atoms with Crippen molar-refractivity contribution >= 4 is 0 Å². The molecule has 10 saturated heterocycles. The SMILES string of the molecule is C#CC1CN(C)C1.CC1CN(C)C1.CCN1CCCC1.CCN1CCN(C)CC1.CCN1CCOCC1.CN1CC(C)(F)C1.CN1CCC1.CN1CCCC1.CN1CCCCC1.CN1CCOCC1. The topological polar surface area (TPSA) is 54.1 Å².